The van der Waals surface area contributed by atoms with Gasteiger partial charge in [0.1, 0.15) is 5.75 Å². The molecule has 0 spiro atoms. The summed E-state index contributed by atoms with van der Waals surface area (Å²) in [4.78, 5) is 4.35. The smallest absolute Gasteiger partial charge is 0.230 e. The van der Waals surface area contributed by atoms with Gasteiger partial charge in [0, 0.05) is 5.69 Å². The zero-order valence-corrected chi connectivity index (χ0v) is 13.6. The summed E-state index contributed by atoms with van der Waals surface area (Å²) < 4.78 is 6.66. The van der Waals surface area contributed by atoms with Crippen LogP contribution in [0.2, 0.25) is 0 Å². The molecule has 6 heteroatoms. The molecule has 2 rings (SSSR count). The lowest BCUT2D eigenvalue weighted by atomic mass is 10.1. The van der Waals surface area contributed by atoms with Crippen LogP contribution in [0, 0.1) is 20.8 Å². The highest BCUT2D eigenvalue weighted by Gasteiger charge is 2.16. The fraction of sp³-hybridized carbons (Fsp3) is 0.200. The van der Waals surface area contributed by atoms with Gasteiger partial charge in [-0.05, 0) is 66.0 Å². The molecular weight excluding hydrogens is 334 g/mol. The van der Waals surface area contributed by atoms with Gasteiger partial charge < -0.3 is 15.7 Å². The lowest BCUT2D eigenvalue weighted by molar-refractivity contribution is 0.318. The third-order valence-electron chi connectivity index (χ3n) is 2.97. The number of amidine groups is 1. The van der Waals surface area contributed by atoms with E-state index in [-0.39, 0.29) is 5.84 Å². The molecule has 0 fully saturated rings. The largest absolute Gasteiger partial charge is 0.437 e. The normalized spacial score (nSPS) is 11.5. The minimum atomic E-state index is -0.0294. The first-order chi connectivity index (χ1) is 9.92. The highest BCUT2D eigenvalue weighted by Crippen LogP contribution is 2.32. The van der Waals surface area contributed by atoms with E-state index < -0.39 is 0 Å². The van der Waals surface area contributed by atoms with Gasteiger partial charge in [0.15, 0.2) is 5.84 Å². The van der Waals surface area contributed by atoms with Crippen LogP contribution in [0.15, 0.2) is 33.9 Å². The molecule has 0 saturated carbocycles. The Kier molecular flexibility index (Phi) is 4.47. The minimum absolute atomic E-state index is 0.0294. The third kappa shape index (κ3) is 3.33. The van der Waals surface area contributed by atoms with Crippen molar-refractivity contribution in [3.05, 3.63) is 51.1 Å². The second kappa shape index (κ2) is 6.13. The van der Waals surface area contributed by atoms with Crippen molar-refractivity contribution < 1.29 is 9.94 Å². The maximum atomic E-state index is 8.93. The molecule has 0 saturated heterocycles. The number of nitrogens with zero attached hydrogens (tertiary/aromatic N) is 2. The number of rotatable bonds is 3. The molecule has 0 aliphatic rings. The van der Waals surface area contributed by atoms with Gasteiger partial charge in [0.2, 0.25) is 5.88 Å². The van der Waals surface area contributed by atoms with Crippen LogP contribution in [0.5, 0.6) is 11.6 Å². The molecule has 21 heavy (non-hydrogen) atoms. The van der Waals surface area contributed by atoms with E-state index in [9.17, 15) is 0 Å². The maximum Gasteiger partial charge on any atom is 0.230 e. The van der Waals surface area contributed by atoms with Crippen molar-refractivity contribution in [2.45, 2.75) is 20.8 Å². The number of nitrogens with two attached hydrogens (primary N) is 1. The van der Waals surface area contributed by atoms with Crippen LogP contribution in [0.4, 0.5) is 0 Å². The summed E-state index contributed by atoms with van der Waals surface area (Å²) in [6.07, 6.45) is 0. The quantitative estimate of drug-likeness (QED) is 0.383. The number of benzene rings is 1. The molecule has 3 N–H and O–H groups in total. The van der Waals surface area contributed by atoms with Crippen molar-refractivity contribution in [2.24, 2.45) is 10.9 Å². The fourth-order valence-electron chi connectivity index (χ4n) is 2.03. The lowest BCUT2D eigenvalue weighted by Crippen LogP contribution is -2.17. The molecule has 1 heterocycles. The van der Waals surface area contributed by atoms with E-state index in [0.29, 0.717) is 17.2 Å². The summed E-state index contributed by atoms with van der Waals surface area (Å²) in [6.45, 7) is 5.71. The average Bonchev–Trinajstić information content (AvgIpc) is 2.40. The van der Waals surface area contributed by atoms with E-state index in [1.807, 2.05) is 45.0 Å². The van der Waals surface area contributed by atoms with Crippen LogP contribution in [0.25, 0.3) is 0 Å². The van der Waals surface area contributed by atoms with Crippen LogP contribution in [0.3, 0.4) is 0 Å². The number of pyridine rings is 1. The highest BCUT2D eigenvalue weighted by molar-refractivity contribution is 9.10. The van der Waals surface area contributed by atoms with Gasteiger partial charge >= 0.3 is 0 Å². The predicted molar refractivity (Wildman–Crippen MR) is 85.2 cm³/mol. The SMILES string of the molecule is Cc1ccc(Oc2nc(C)cc(C)c2/C(N)=N/O)c(Br)c1. The van der Waals surface area contributed by atoms with Gasteiger partial charge in [0.05, 0.1) is 10.0 Å². The Morgan fingerprint density at radius 2 is 2.00 bits per heavy atom. The van der Waals surface area contributed by atoms with E-state index in [1.54, 1.807) is 0 Å². The van der Waals surface area contributed by atoms with Crippen LogP contribution in [-0.2, 0) is 0 Å². The zero-order valence-electron chi connectivity index (χ0n) is 12.0. The first-order valence-corrected chi connectivity index (χ1v) is 7.12. The Morgan fingerprint density at radius 1 is 1.29 bits per heavy atom. The molecule has 0 amide bonds. The Hall–Kier alpha value is -2.08. The number of hydrogen-bond donors (Lipinski definition) is 2. The number of aromatic nitrogens is 1. The van der Waals surface area contributed by atoms with Crippen molar-refractivity contribution in [2.75, 3.05) is 0 Å². The second-order valence-corrected chi connectivity index (χ2v) is 5.64. The van der Waals surface area contributed by atoms with Gasteiger partial charge in [-0.3, -0.25) is 0 Å². The molecule has 5 nitrogen and oxygen atoms in total. The molecule has 110 valence electrons. The Morgan fingerprint density at radius 3 is 2.62 bits per heavy atom. The van der Waals surface area contributed by atoms with Crippen molar-refractivity contribution in [1.29, 1.82) is 0 Å². The van der Waals surface area contributed by atoms with Crippen LogP contribution in [-0.4, -0.2) is 16.0 Å². The van der Waals surface area contributed by atoms with Gasteiger partial charge in [-0.15, -0.1) is 0 Å². The van der Waals surface area contributed by atoms with E-state index in [1.165, 1.54) is 0 Å². The molecule has 1 aromatic carbocycles. The number of halogens is 1. The molecule has 1 aromatic heterocycles. The van der Waals surface area contributed by atoms with Crippen molar-refractivity contribution >= 4 is 21.8 Å². The summed E-state index contributed by atoms with van der Waals surface area (Å²) in [7, 11) is 0. The average molecular weight is 350 g/mol. The van der Waals surface area contributed by atoms with Crippen molar-refractivity contribution in [3.63, 3.8) is 0 Å². The zero-order chi connectivity index (χ0) is 15.6. The third-order valence-corrected chi connectivity index (χ3v) is 3.59. The van der Waals surface area contributed by atoms with E-state index in [4.69, 9.17) is 15.7 Å². The lowest BCUT2D eigenvalue weighted by Gasteiger charge is -2.13. The number of hydrogen-bond acceptors (Lipinski definition) is 4. The summed E-state index contributed by atoms with van der Waals surface area (Å²) in [5.41, 5.74) is 8.94. The highest BCUT2D eigenvalue weighted by atomic mass is 79.9. The van der Waals surface area contributed by atoms with E-state index >= 15 is 0 Å². The monoisotopic (exact) mass is 349 g/mol. The first kappa shape index (κ1) is 15.3. The van der Waals surface area contributed by atoms with E-state index in [2.05, 4.69) is 26.1 Å². The molecule has 0 aliphatic carbocycles. The van der Waals surface area contributed by atoms with Gasteiger partial charge in [-0.1, -0.05) is 11.2 Å². The number of ether oxygens (including phenoxy) is 1. The van der Waals surface area contributed by atoms with Gasteiger partial charge in [-0.25, -0.2) is 4.98 Å². The standard InChI is InChI=1S/C15H16BrN3O2/c1-8-4-5-12(11(16)6-8)21-15-13(14(17)19-20)9(2)7-10(3)18-15/h4-7,20H,1-3H3,(H2,17,19). The Bertz CT molecular complexity index is 714. The van der Waals surface area contributed by atoms with Crippen LogP contribution in [0.1, 0.15) is 22.4 Å². The molecule has 2 aromatic rings. The summed E-state index contributed by atoms with van der Waals surface area (Å²) >= 11 is 3.46. The molecule has 0 bridgehead atoms. The first-order valence-electron chi connectivity index (χ1n) is 6.32. The molecule has 0 atom stereocenters. The van der Waals surface area contributed by atoms with Crippen LogP contribution < -0.4 is 10.5 Å². The summed E-state index contributed by atoms with van der Waals surface area (Å²) in [6, 6.07) is 7.58. The topological polar surface area (TPSA) is 80.7 Å². The maximum absolute atomic E-state index is 8.93. The fourth-order valence-corrected chi connectivity index (χ4v) is 2.60. The minimum Gasteiger partial charge on any atom is -0.437 e. The van der Waals surface area contributed by atoms with Crippen LogP contribution >= 0.6 is 15.9 Å². The summed E-state index contributed by atoms with van der Waals surface area (Å²) in [5.74, 6) is 0.899. The molecular formula is C15H16BrN3O2. The summed E-state index contributed by atoms with van der Waals surface area (Å²) in [5, 5.41) is 12.0. The van der Waals surface area contributed by atoms with Crippen molar-refractivity contribution in [3.8, 4) is 11.6 Å². The Labute approximate surface area is 131 Å². The van der Waals surface area contributed by atoms with Gasteiger partial charge in [0.25, 0.3) is 0 Å². The van der Waals surface area contributed by atoms with Crippen molar-refractivity contribution in [1.82, 2.24) is 4.98 Å². The second-order valence-electron chi connectivity index (χ2n) is 4.78. The predicted octanol–water partition coefficient (Wildman–Crippen LogP) is 3.66. The molecule has 0 aliphatic heterocycles. The number of oxime groups is 1. The molecule has 0 unspecified atom stereocenters. The molecule has 0 radical (unpaired) electrons. The Balaban J connectivity index is 2.53. The number of aryl methyl sites for hydroxylation is 3. The van der Waals surface area contributed by atoms with Gasteiger partial charge in [-0.2, -0.15) is 0 Å². The van der Waals surface area contributed by atoms with E-state index in [0.717, 1.165) is 21.3 Å².